The van der Waals surface area contributed by atoms with E-state index in [1.54, 1.807) is 7.11 Å². The third-order valence-corrected chi connectivity index (χ3v) is 5.03. The van der Waals surface area contributed by atoms with Crippen molar-refractivity contribution in [1.29, 1.82) is 0 Å². The lowest BCUT2D eigenvalue weighted by Gasteiger charge is -2.22. The van der Waals surface area contributed by atoms with Crippen LogP contribution in [0.25, 0.3) is 0 Å². The summed E-state index contributed by atoms with van der Waals surface area (Å²) in [6.45, 7) is 6.57. The average molecular weight is 577 g/mol. The van der Waals surface area contributed by atoms with Crippen molar-refractivity contribution in [3.05, 3.63) is 24.3 Å². The molecule has 0 aliphatic heterocycles. The maximum Gasteiger partial charge on any atom is 0.242 e. The molecule has 33 heavy (non-hydrogen) atoms. The smallest absolute Gasteiger partial charge is 0.242 e. The van der Waals surface area contributed by atoms with Gasteiger partial charge in [0.2, 0.25) is 5.91 Å². The van der Waals surface area contributed by atoms with Gasteiger partial charge in [-0.1, -0.05) is 19.3 Å². The zero-order chi connectivity index (χ0) is 23.0. The minimum absolute atomic E-state index is 0. The summed E-state index contributed by atoms with van der Waals surface area (Å²) in [5.41, 5.74) is 0.872. The van der Waals surface area contributed by atoms with E-state index in [0.717, 1.165) is 30.7 Å². The van der Waals surface area contributed by atoms with Crippen LogP contribution in [-0.2, 0) is 14.3 Å². The molecule has 9 heteroatoms. The molecule has 1 aliphatic rings. The second-order valence-electron chi connectivity index (χ2n) is 8.27. The van der Waals surface area contributed by atoms with Crippen LogP contribution in [0.3, 0.4) is 0 Å². The van der Waals surface area contributed by atoms with E-state index >= 15 is 0 Å². The van der Waals surface area contributed by atoms with Crippen molar-refractivity contribution in [3.8, 4) is 5.75 Å². The number of amides is 1. The fourth-order valence-corrected chi connectivity index (χ4v) is 3.46. The van der Waals surface area contributed by atoms with Crippen LogP contribution in [0.2, 0.25) is 0 Å². The summed E-state index contributed by atoms with van der Waals surface area (Å²) in [7, 11) is 1.66. The molecular weight excluding hydrogens is 535 g/mol. The van der Waals surface area contributed by atoms with Gasteiger partial charge in [0, 0.05) is 32.0 Å². The van der Waals surface area contributed by atoms with Crippen molar-refractivity contribution >= 4 is 41.5 Å². The predicted octanol–water partition coefficient (Wildman–Crippen LogP) is 3.95. The van der Waals surface area contributed by atoms with Gasteiger partial charge in [-0.3, -0.25) is 4.79 Å². The molecule has 0 radical (unpaired) electrons. The number of hydrogen-bond acceptors (Lipinski definition) is 5. The zero-order valence-electron chi connectivity index (χ0n) is 20.2. The lowest BCUT2D eigenvalue weighted by molar-refractivity contribution is -0.120. The van der Waals surface area contributed by atoms with Gasteiger partial charge in [0.1, 0.15) is 12.3 Å². The Bertz CT molecular complexity index is 680. The van der Waals surface area contributed by atoms with E-state index in [4.69, 9.17) is 14.2 Å². The third kappa shape index (κ3) is 13.6. The van der Waals surface area contributed by atoms with E-state index in [-0.39, 0.29) is 48.6 Å². The fourth-order valence-electron chi connectivity index (χ4n) is 3.46. The summed E-state index contributed by atoms with van der Waals surface area (Å²) in [6, 6.07) is 7.99. The molecule has 1 amide bonds. The molecule has 1 saturated carbocycles. The molecule has 2 rings (SSSR count). The molecule has 188 valence electrons. The van der Waals surface area contributed by atoms with Gasteiger partial charge < -0.3 is 30.2 Å². The molecular formula is C24H41IN4O4. The Labute approximate surface area is 215 Å². The Morgan fingerprint density at radius 1 is 1.09 bits per heavy atom. The SMILES string of the molecule is COCCOCCCNC(=NCC(=O)NC1CCCCC1)Nc1ccc(OC(C)C)cc1.I. The summed E-state index contributed by atoms with van der Waals surface area (Å²) in [6.07, 6.45) is 6.70. The summed E-state index contributed by atoms with van der Waals surface area (Å²) in [4.78, 5) is 16.9. The molecule has 0 heterocycles. The first-order chi connectivity index (χ1) is 15.6. The number of ether oxygens (including phenoxy) is 3. The lowest BCUT2D eigenvalue weighted by Crippen LogP contribution is -2.39. The number of anilines is 1. The van der Waals surface area contributed by atoms with E-state index in [1.807, 2.05) is 38.1 Å². The van der Waals surface area contributed by atoms with E-state index in [9.17, 15) is 4.79 Å². The van der Waals surface area contributed by atoms with Crippen molar-refractivity contribution in [2.75, 3.05) is 45.3 Å². The first-order valence-electron chi connectivity index (χ1n) is 11.7. The highest BCUT2D eigenvalue weighted by atomic mass is 127. The highest BCUT2D eigenvalue weighted by Crippen LogP contribution is 2.18. The highest BCUT2D eigenvalue weighted by Gasteiger charge is 2.15. The van der Waals surface area contributed by atoms with E-state index in [0.29, 0.717) is 32.3 Å². The Balaban J connectivity index is 0.00000544. The number of hydrogen-bond donors (Lipinski definition) is 3. The summed E-state index contributed by atoms with van der Waals surface area (Å²) in [5, 5.41) is 9.66. The van der Waals surface area contributed by atoms with E-state index < -0.39 is 0 Å². The normalized spacial score (nSPS) is 14.5. The first kappa shape index (κ1) is 29.4. The summed E-state index contributed by atoms with van der Waals surface area (Å²) < 4.78 is 16.2. The van der Waals surface area contributed by atoms with Crippen LogP contribution in [0, 0.1) is 0 Å². The number of nitrogens with one attached hydrogen (secondary N) is 3. The second kappa shape index (κ2) is 17.8. The molecule has 0 atom stereocenters. The second-order valence-corrected chi connectivity index (χ2v) is 8.27. The fraction of sp³-hybridized carbons (Fsp3) is 0.667. The first-order valence-corrected chi connectivity index (χ1v) is 11.7. The average Bonchev–Trinajstić information content (AvgIpc) is 2.78. The quantitative estimate of drug-likeness (QED) is 0.143. The van der Waals surface area contributed by atoms with Gasteiger partial charge in [0.05, 0.1) is 19.3 Å². The van der Waals surface area contributed by atoms with Gasteiger partial charge >= 0.3 is 0 Å². The third-order valence-electron chi connectivity index (χ3n) is 5.03. The summed E-state index contributed by atoms with van der Waals surface area (Å²) in [5.74, 6) is 1.34. The van der Waals surface area contributed by atoms with Crippen LogP contribution in [-0.4, -0.2) is 64.0 Å². The molecule has 0 unspecified atom stereocenters. The van der Waals surface area contributed by atoms with Gasteiger partial charge in [-0.2, -0.15) is 0 Å². The van der Waals surface area contributed by atoms with Crippen molar-refractivity contribution in [3.63, 3.8) is 0 Å². The molecule has 1 aliphatic carbocycles. The van der Waals surface area contributed by atoms with Crippen LogP contribution in [0.4, 0.5) is 5.69 Å². The zero-order valence-corrected chi connectivity index (χ0v) is 22.6. The van der Waals surface area contributed by atoms with Crippen LogP contribution in [0.1, 0.15) is 52.4 Å². The molecule has 1 fully saturated rings. The van der Waals surface area contributed by atoms with Gasteiger partial charge in [-0.05, 0) is 57.4 Å². The number of nitrogens with zero attached hydrogens (tertiary/aromatic N) is 1. The molecule has 8 nitrogen and oxygen atoms in total. The van der Waals surface area contributed by atoms with Crippen molar-refractivity contribution < 1.29 is 19.0 Å². The number of rotatable bonds is 13. The maximum absolute atomic E-state index is 12.4. The summed E-state index contributed by atoms with van der Waals surface area (Å²) >= 11 is 0. The molecule has 1 aromatic rings. The minimum atomic E-state index is -0.0402. The maximum atomic E-state index is 12.4. The number of guanidine groups is 1. The van der Waals surface area contributed by atoms with Gasteiger partial charge in [0.25, 0.3) is 0 Å². The molecule has 3 N–H and O–H groups in total. The lowest BCUT2D eigenvalue weighted by atomic mass is 9.95. The highest BCUT2D eigenvalue weighted by molar-refractivity contribution is 14.0. The number of aliphatic imine (C=N–C) groups is 1. The van der Waals surface area contributed by atoms with Crippen molar-refractivity contribution in [2.24, 2.45) is 4.99 Å². The Morgan fingerprint density at radius 3 is 2.48 bits per heavy atom. The van der Waals surface area contributed by atoms with E-state index in [2.05, 4.69) is 20.9 Å². The van der Waals surface area contributed by atoms with Crippen molar-refractivity contribution in [1.82, 2.24) is 10.6 Å². The van der Waals surface area contributed by atoms with E-state index in [1.165, 1.54) is 19.3 Å². The number of benzene rings is 1. The van der Waals surface area contributed by atoms with Crippen LogP contribution >= 0.6 is 24.0 Å². The van der Waals surface area contributed by atoms with Crippen molar-refractivity contribution in [2.45, 2.75) is 64.5 Å². The Morgan fingerprint density at radius 2 is 1.82 bits per heavy atom. The molecule has 1 aromatic carbocycles. The van der Waals surface area contributed by atoms with Gasteiger partial charge in [0.15, 0.2) is 5.96 Å². The minimum Gasteiger partial charge on any atom is -0.491 e. The van der Waals surface area contributed by atoms with Crippen LogP contribution in [0.15, 0.2) is 29.3 Å². The van der Waals surface area contributed by atoms with Crippen LogP contribution in [0.5, 0.6) is 5.75 Å². The number of methoxy groups -OCH3 is 1. The largest absolute Gasteiger partial charge is 0.491 e. The Kier molecular flexibility index (Phi) is 15.9. The molecule has 0 aromatic heterocycles. The molecule has 0 spiro atoms. The monoisotopic (exact) mass is 576 g/mol. The van der Waals surface area contributed by atoms with Crippen LogP contribution < -0.4 is 20.7 Å². The predicted molar refractivity (Wildman–Crippen MR) is 144 cm³/mol. The molecule has 0 saturated heterocycles. The molecule has 0 bridgehead atoms. The number of carbonyl (C=O) groups excluding carboxylic acids is 1. The van der Waals surface area contributed by atoms with Gasteiger partial charge in [-0.25, -0.2) is 4.99 Å². The number of halogens is 1. The standard InChI is InChI=1S/C24H40N4O4.HI/c1-19(2)32-22-12-10-21(11-13-22)28-24(25-14-7-15-31-17-16-30-3)26-18-23(29)27-20-8-5-4-6-9-20;/h10-13,19-20H,4-9,14-18H2,1-3H3,(H,27,29)(H2,25,26,28);1H. The topological polar surface area (TPSA) is 93.2 Å². The Hall–Kier alpha value is -1.59. The van der Waals surface area contributed by atoms with Gasteiger partial charge in [-0.15, -0.1) is 24.0 Å². The number of carbonyl (C=O) groups is 1.